The Morgan fingerprint density at radius 2 is 2.12 bits per heavy atom. The topological polar surface area (TPSA) is 53.4 Å². The van der Waals surface area contributed by atoms with Crippen LogP contribution in [0.2, 0.25) is 0 Å². The Kier molecular flexibility index (Phi) is 2.95. The highest BCUT2D eigenvalue weighted by Crippen LogP contribution is 2.39. The summed E-state index contributed by atoms with van der Waals surface area (Å²) >= 11 is 0. The molecule has 1 atom stereocenters. The van der Waals surface area contributed by atoms with Crippen LogP contribution in [0.1, 0.15) is 17.9 Å². The number of amides is 1. The van der Waals surface area contributed by atoms with Crippen molar-refractivity contribution < 1.29 is 18.7 Å². The molecule has 17 heavy (non-hydrogen) atoms. The number of carbonyl (C=O) groups is 1. The first-order chi connectivity index (χ1) is 8.00. The van der Waals surface area contributed by atoms with E-state index in [1.165, 1.54) is 24.5 Å². The number of halogens is 2. The van der Waals surface area contributed by atoms with Crippen molar-refractivity contribution in [3.8, 4) is 0 Å². The van der Waals surface area contributed by atoms with Crippen molar-refractivity contribution in [3.05, 3.63) is 30.1 Å². The molecule has 0 saturated carbocycles. The predicted molar refractivity (Wildman–Crippen MR) is 56.1 cm³/mol. The second-order valence-corrected chi connectivity index (χ2v) is 4.07. The number of piperidine rings is 1. The normalized spacial score (nSPS) is 23.4. The van der Waals surface area contributed by atoms with Crippen LogP contribution in [-0.4, -0.2) is 40.1 Å². The van der Waals surface area contributed by atoms with E-state index >= 15 is 0 Å². The largest absolute Gasteiger partial charge is 0.465 e. The Morgan fingerprint density at radius 1 is 1.47 bits per heavy atom. The minimum Gasteiger partial charge on any atom is -0.465 e. The van der Waals surface area contributed by atoms with E-state index in [-0.39, 0.29) is 13.1 Å². The van der Waals surface area contributed by atoms with Gasteiger partial charge in [0.05, 0.1) is 5.92 Å². The molecule has 1 aromatic heterocycles. The van der Waals surface area contributed by atoms with E-state index in [0.717, 1.165) is 4.90 Å². The first-order valence-corrected chi connectivity index (χ1v) is 5.26. The summed E-state index contributed by atoms with van der Waals surface area (Å²) in [6.07, 6.45) is 1.28. The van der Waals surface area contributed by atoms with Crippen molar-refractivity contribution in [2.24, 2.45) is 0 Å². The molecule has 2 rings (SSSR count). The molecule has 4 nitrogen and oxygen atoms in total. The molecule has 0 radical (unpaired) electrons. The van der Waals surface area contributed by atoms with Crippen LogP contribution >= 0.6 is 0 Å². The van der Waals surface area contributed by atoms with Crippen molar-refractivity contribution >= 4 is 6.09 Å². The summed E-state index contributed by atoms with van der Waals surface area (Å²) in [6, 6.07) is 3.01. The first-order valence-electron chi connectivity index (χ1n) is 5.26. The zero-order valence-electron chi connectivity index (χ0n) is 9.01. The third-order valence-corrected chi connectivity index (χ3v) is 3.01. The van der Waals surface area contributed by atoms with Crippen LogP contribution in [0.15, 0.2) is 24.5 Å². The van der Waals surface area contributed by atoms with E-state index in [2.05, 4.69) is 4.98 Å². The van der Waals surface area contributed by atoms with Crippen LogP contribution < -0.4 is 0 Å². The van der Waals surface area contributed by atoms with Gasteiger partial charge in [-0.2, -0.15) is 0 Å². The summed E-state index contributed by atoms with van der Waals surface area (Å²) in [5.41, 5.74) is 0.427. The molecular weight excluding hydrogens is 230 g/mol. The molecule has 1 unspecified atom stereocenters. The van der Waals surface area contributed by atoms with Crippen LogP contribution in [0.4, 0.5) is 13.6 Å². The Balaban J connectivity index is 2.25. The van der Waals surface area contributed by atoms with Gasteiger partial charge in [0.2, 0.25) is 0 Å². The maximum Gasteiger partial charge on any atom is 0.407 e. The molecule has 1 amide bonds. The fourth-order valence-corrected chi connectivity index (χ4v) is 2.02. The third kappa shape index (κ3) is 2.35. The predicted octanol–water partition coefficient (Wildman–Crippen LogP) is 2.18. The Hall–Kier alpha value is -1.72. The van der Waals surface area contributed by atoms with Crippen LogP contribution in [0.5, 0.6) is 0 Å². The zero-order chi connectivity index (χ0) is 12.5. The van der Waals surface area contributed by atoms with E-state index < -0.39 is 24.4 Å². The summed E-state index contributed by atoms with van der Waals surface area (Å²) in [6.45, 7) is -0.295. The number of likely N-dealkylation sites (tertiary alicyclic amines) is 1. The molecule has 0 bridgehead atoms. The molecule has 92 valence electrons. The van der Waals surface area contributed by atoms with Crippen molar-refractivity contribution in [3.63, 3.8) is 0 Å². The fraction of sp³-hybridized carbons (Fsp3) is 0.455. The highest BCUT2D eigenvalue weighted by molar-refractivity contribution is 5.65. The smallest absolute Gasteiger partial charge is 0.407 e. The van der Waals surface area contributed by atoms with Crippen molar-refractivity contribution in [2.45, 2.75) is 18.3 Å². The highest BCUT2D eigenvalue weighted by Gasteiger charge is 2.45. The van der Waals surface area contributed by atoms with E-state index in [4.69, 9.17) is 5.11 Å². The lowest BCUT2D eigenvalue weighted by Gasteiger charge is -2.37. The van der Waals surface area contributed by atoms with Gasteiger partial charge in [-0.15, -0.1) is 0 Å². The summed E-state index contributed by atoms with van der Waals surface area (Å²) in [4.78, 5) is 15.6. The van der Waals surface area contributed by atoms with Gasteiger partial charge in [0.1, 0.15) is 0 Å². The van der Waals surface area contributed by atoms with Crippen molar-refractivity contribution in [2.75, 3.05) is 13.1 Å². The van der Waals surface area contributed by atoms with Gasteiger partial charge in [-0.25, -0.2) is 13.6 Å². The van der Waals surface area contributed by atoms with E-state index in [9.17, 15) is 13.6 Å². The monoisotopic (exact) mass is 242 g/mol. The summed E-state index contributed by atoms with van der Waals surface area (Å²) in [5, 5.41) is 8.84. The van der Waals surface area contributed by atoms with Crippen molar-refractivity contribution in [1.29, 1.82) is 0 Å². The van der Waals surface area contributed by atoms with Gasteiger partial charge >= 0.3 is 6.09 Å². The van der Waals surface area contributed by atoms with Gasteiger partial charge in [0, 0.05) is 31.9 Å². The standard InChI is InChI=1S/C11H12F2N2O2/c12-11(13)3-6-15(10(16)17)7-9(11)8-1-4-14-5-2-8/h1-2,4-5,9H,3,6-7H2,(H,16,17). The first kappa shape index (κ1) is 11.8. The lowest BCUT2D eigenvalue weighted by atomic mass is 9.88. The Bertz CT molecular complexity index is 411. The molecule has 0 aliphatic carbocycles. The van der Waals surface area contributed by atoms with Gasteiger partial charge < -0.3 is 10.0 Å². The third-order valence-electron chi connectivity index (χ3n) is 3.01. The minimum absolute atomic E-state index is 0.121. The number of aromatic nitrogens is 1. The summed E-state index contributed by atoms with van der Waals surface area (Å²) in [7, 11) is 0. The van der Waals surface area contributed by atoms with Gasteiger partial charge in [0.15, 0.2) is 0 Å². The van der Waals surface area contributed by atoms with Gasteiger partial charge in [-0.1, -0.05) is 0 Å². The number of carboxylic acid groups (broad SMARTS) is 1. The molecular formula is C11H12F2N2O2. The van der Waals surface area contributed by atoms with Crippen molar-refractivity contribution in [1.82, 2.24) is 9.88 Å². The average molecular weight is 242 g/mol. The van der Waals surface area contributed by atoms with E-state index in [1.54, 1.807) is 0 Å². The second-order valence-electron chi connectivity index (χ2n) is 4.07. The lowest BCUT2D eigenvalue weighted by molar-refractivity contribution is -0.0705. The lowest BCUT2D eigenvalue weighted by Crippen LogP contribution is -2.47. The Labute approximate surface area is 96.9 Å². The molecule has 1 aromatic rings. The van der Waals surface area contributed by atoms with Gasteiger partial charge in [-0.05, 0) is 17.7 Å². The number of nitrogens with zero attached hydrogens (tertiary/aromatic N) is 2. The number of hydrogen-bond acceptors (Lipinski definition) is 2. The minimum atomic E-state index is -2.87. The van der Waals surface area contributed by atoms with Crippen LogP contribution in [0.3, 0.4) is 0 Å². The fourth-order valence-electron chi connectivity index (χ4n) is 2.02. The summed E-state index contributed by atoms with van der Waals surface area (Å²) in [5.74, 6) is -3.96. The van der Waals surface area contributed by atoms with E-state index in [0.29, 0.717) is 5.56 Å². The molecule has 0 spiro atoms. The summed E-state index contributed by atoms with van der Waals surface area (Å²) < 4.78 is 27.5. The molecule has 6 heteroatoms. The number of pyridine rings is 1. The van der Waals surface area contributed by atoms with Crippen LogP contribution in [0, 0.1) is 0 Å². The van der Waals surface area contributed by atoms with Gasteiger partial charge in [0.25, 0.3) is 5.92 Å². The maximum atomic E-state index is 13.8. The number of hydrogen-bond donors (Lipinski definition) is 1. The van der Waals surface area contributed by atoms with Crippen LogP contribution in [-0.2, 0) is 0 Å². The number of rotatable bonds is 1. The average Bonchev–Trinajstić information content (AvgIpc) is 2.29. The molecule has 1 N–H and O–H groups in total. The molecule has 1 aliphatic rings. The zero-order valence-corrected chi connectivity index (χ0v) is 9.01. The van der Waals surface area contributed by atoms with Gasteiger partial charge in [-0.3, -0.25) is 4.98 Å². The molecule has 1 saturated heterocycles. The van der Waals surface area contributed by atoms with E-state index in [1.807, 2.05) is 0 Å². The SMILES string of the molecule is O=C(O)N1CCC(F)(F)C(c2ccncc2)C1. The van der Waals surface area contributed by atoms with Crippen LogP contribution in [0.25, 0.3) is 0 Å². The second kappa shape index (κ2) is 4.27. The molecule has 0 aromatic carbocycles. The molecule has 2 heterocycles. The molecule has 1 fully saturated rings. The molecule has 1 aliphatic heterocycles. The maximum absolute atomic E-state index is 13.8. The quantitative estimate of drug-likeness (QED) is 0.821. The highest BCUT2D eigenvalue weighted by atomic mass is 19.3. The number of alkyl halides is 2. The Morgan fingerprint density at radius 3 is 2.71 bits per heavy atom.